The van der Waals surface area contributed by atoms with Crippen molar-refractivity contribution in [1.29, 1.82) is 0 Å². The van der Waals surface area contributed by atoms with Crippen LogP contribution >= 0.6 is 15.8 Å². The van der Waals surface area contributed by atoms with Crippen LogP contribution in [0.3, 0.4) is 0 Å². The fourth-order valence-electron chi connectivity index (χ4n) is 5.20. The van der Waals surface area contributed by atoms with E-state index >= 15 is 0 Å². The molecule has 0 amide bonds. The quantitative estimate of drug-likeness (QED) is 0.0890. The third kappa shape index (κ3) is 7.35. The Morgan fingerprint density at radius 2 is 0.614 bits per heavy atom. The molecule has 0 saturated heterocycles. The summed E-state index contributed by atoms with van der Waals surface area (Å²) in [5.41, 5.74) is 2.33. The molecule has 0 aliphatic carbocycles. The first-order chi connectivity index (χ1) is 21.9. The summed E-state index contributed by atoms with van der Waals surface area (Å²) in [7, 11) is -1.38. The summed E-state index contributed by atoms with van der Waals surface area (Å²) in [6.45, 7) is 1.27. The summed E-state index contributed by atoms with van der Waals surface area (Å²) in [5.74, 6) is 0. The Morgan fingerprint density at radius 1 is 0.341 bits per heavy atom. The van der Waals surface area contributed by atoms with Crippen molar-refractivity contribution in [3.63, 3.8) is 0 Å². The molecular weight excluding hydrogens is 570 g/mol. The summed E-state index contributed by atoms with van der Waals surface area (Å²) in [5, 5.41) is 7.98. The van der Waals surface area contributed by atoms with E-state index in [2.05, 4.69) is 170 Å². The molecule has 44 heavy (non-hydrogen) atoms. The molecule has 0 N–H and O–H groups in total. The predicted molar refractivity (Wildman–Crippen MR) is 195 cm³/mol. The molecular formula is C40H34N2P2. The average Bonchev–Trinajstić information content (AvgIpc) is 3.10. The largest absolute Gasteiger partial charge is 0.291 e. The number of nitrogens with zero attached hydrogens (tertiary/aromatic N) is 2. The van der Waals surface area contributed by atoms with Crippen molar-refractivity contribution in [1.82, 2.24) is 0 Å². The standard InChI is InChI=1S/C40H34N2P2/c1-5-19-35(20-6-1)43(36-21-7-2-8-22-36)39-27-15-13-17-33(39)31-41-29-30-42-32-34-18-14-16-28-40(34)44(37-23-9-3-10-24-37)38-25-11-4-12-26-38/h1-28,31-32H,29-30H2. The summed E-state index contributed by atoms with van der Waals surface area (Å²) in [6, 6.07) is 60.6. The first kappa shape index (κ1) is 29.6. The minimum atomic E-state index is -0.692. The van der Waals surface area contributed by atoms with Gasteiger partial charge in [0.25, 0.3) is 0 Å². The van der Waals surface area contributed by atoms with Crippen molar-refractivity contribution in [3.8, 4) is 0 Å². The van der Waals surface area contributed by atoms with Gasteiger partial charge in [-0.15, -0.1) is 0 Å². The maximum Gasteiger partial charge on any atom is 0.0585 e. The van der Waals surface area contributed by atoms with E-state index in [1.165, 1.54) is 31.8 Å². The highest BCUT2D eigenvalue weighted by Crippen LogP contribution is 2.34. The Hall–Kier alpha value is -4.48. The van der Waals surface area contributed by atoms with Crippen LogP contribution in [0.2, 0.25) is 0 Å². The Morgan fingerprint density at radius 3 is 0.932 bits per heavy atom. The van der Waals surface area contributed by atoms with Crippen LogP contribution in [0.15, 0.2) is 180 Å². The van der Waals surface area contributed by atoms with E-state index in [1.807, 2.05) is 12.4 Å². The molecule has 0 fully saturated rings. The van der Waals surface area contributed by atoms with Gasteiger partial charge in [-0.1, -0.05) is 170 Å². The van der Waals surface area contributed by atoms with Crippen molar-refractivity contribution in [2.45, 2.75) is 0 Å². The van der Waals surface area contributed by atoms with E-state index in [4.69, 9.17) is 9.98 Å². The molecule has 0 bridgehead atoms. The summed E-state index contributed by atoms with van der Waals surface area (Å²) >= 11 is 0. The van der Waals surface area contributed by atoms with Gasteiger partial charge in [-0.25, -0.2) is 0 Å². The highest BCUT2D eigenvalue weighted by Gasteiger charge is 2.19. The lowest BCUT2D eigenvalue weighted by Crippen LogP contribution is -2.23. The Labute approximate surface area is 263 Å². The minimum Gasteiger partial charge on any atom is -0.291 e. The van der Waals surface area contributed by atoms with Crippen LogP contribution in [0.5, 0.6) is 0 Å². The van der Waals surface area contributed by atoms with E-state index in [9.17, 15) is 0 Å². The van der Waals surface area contributed by atoms with Gasteiger partial charge in [-0.3, -0.25) is 9.98 Å². The zero-order valence-electron chi connectivity index (χ0n) is 24.5. The molecule has 2 nitrogen and oxygen atoms in total. The van der Waals surface area contributed by atoms with Crippen molar-refractivity contribution in [3.05, 3.63) is 181 Å². The third-order valence-corrected chi connectivity index (χ3v) is 12.3. The summed E-state index contributed by atoms with van der Waals surface area (Å²) in [4.78, 5) is 9.66. The number of rotatable bonds is 11. The van der Waals surface area contributed by atoms with Crippen molar-refractivity contribution in [2.24, 2.45) is 9.98 Å². The van der Waals surface area contributed by atoms with Gasteiger partial charge in [0.05, 0.1) is 13.1 Å². The molecule has 0 aliphatic heterocycles. The monoisotopic (exact) mass is 604 g/mol. The lowest BCUT2D eigenvalue weighted by atomic mass is 10.2. The maximum absolute atomic E-state index is 4.83. The molecule has 0 spiro atoms. The van der Waals surface area contributed by atoms with Gasteiger partial charge in [0.15, 0.2) is 0 Å². The Bertz CT molecular complexity index is 1590. The molecule has 0 aliphatic rings. The Balaban J connectivity index is 1.20. The number of hydrogen-bond donors (Lipinski definition) is 0. The van der Waals surface area contributed by atoms with Crippen LogP contribution in [-0.4, -0.2) is 25.5 Å². The first-order valence-electron chi connectivity index (χ1n) is 14.9. The number of hydrogen-bond acceptors (Lipinski definition) is 2. The van der Waals surface area contributed by atoms with Gasteiger partial charge < -0.3 is 0 Å². The lowest BCUT2D eigenvalue weighted by Gasteiger charge is -2.21. The molecule has 6 aromatic carbocycles. The average molecular weight is 605 g/mol. The van der Waals surface area contributed by atoms with Gasteiger partial charge in [-0.05, 0) is 47.7 Å². The molecule has 6 aromatic rings. The maximum atomic E-state index is 4.83. The van der Waals surface area contributed by atoms with Gasteiger partial charge in [0, 0.05) is 23.6 Å². The highest BCUT2D eigenvalue weighted by molar-refractivity contribution is 7.80. The van der Waals surface area contributed by atoms with Gasteiger partial charge in [-0.2, -0.15) is 0 Å². The second kappa shape index (κ2) is 15.3. The van der Waals surface area contributed by atoms with Gasteiger partial charge in [0.2, 0.25) is 0 Å². The van der Waals surface area contributed by atoms with Crippen LogP contribution in [0.4, 0.5) is 0 Å². The third-order valence-electron chi connectivity index (χ3n) is 7.23. The van der Waals surface area contributed by atoms with Crippen molar-refractivity contribution < 1.29 is 0 Å². The van der Waals surface area contributed by atoms with E-state index in [-0.39, 0.29) is 0 Å². The first-order valence-corrected chi connectivity index (χ1v) is 17.5. The zero-order chi connectivity index (χ0) is 29.8. The van der Waals surface area contributed by atoms with Crippen LogP contribution in [0.1, 0.15) is 11.1 Å². The molecule has 4 heteroatoms. The second-order valence-electron chi connectivity index (χ2n) is 10.2. The predicted octanol–water partition coefficient (Wildman–Crippen LogP) is 6.74. The molecule has 0 aromatic heterocycles. The van der Waals surface area contributed by atoms with E-state index in [0.29, 0.717) is 13.1 Å². The zero-order valence-corrected chi connectivity index (χ0v) is 26.3. The smallest absolute Gasteiger partial charge is 0.0585 e. The lowest BCUT2D eigenvalue weighted by molar-refractivity contribution is 0.985. The normalized spacial score (nSPS) is 11.6. The number of aliphatic imine (C=N–C) groups is 2. The second-order valence-corrected chi connectivity index (χ2v) is 14.6. The Kier molecular flexibility index (Phi) is 10.3. The molecule has 0 atom stereocenters. The topological polar surface area (TPSA) is 24.7 Å². The summed E-state index contributed by atoms with van der Waals surface area (Å²) in [6.07, 6.45) is 4.06. The van der Waals surface area contributed by atoms with E-state index < -0.39 is 15.8 Å². The van der Waals surface area contributed by atoms with Gasteiger partial charge in [0.1, 0.15) is 0 Å². The van der Waals surface area contributed by atoms with Crippen LogP contribution in [0, 0.1) is 0 Å². The fourth-order valence-corrected chi connectivity index (χ4v) is 10.0. The molecule has 214 valence electrons. The highest BCUT2D eigenvalue weighted by atomic mass is 31.1. The summed E-state index contributed by atoms with van der Waals surface area (Å²) < 4.78 is 0. The van der Waals surface area contributed by atoms with Crippen LogP contribution in [-0.2, 0) is 0 Å². The van der Waals surface area contributed by atoms with Crippen molar-refractivity contribution in [2.75, 3.05) is 13.1 Å². The van der Waals surface area contributed by atoms with E-state index in [0.717, 1.165) is 11.1 Å². The SMILES string of the molecule is C(=NCCN=Cc1ccccc1P(c1ccccc1)c1ccccc1)c1ccccc1P(c1ccccc1)c1ccccc1. The molecule has 0 unspecified atom stereocenters. The molecule has 0 radical (unpaired) electrons. The van der Waals surface area contributed by atoms with Crippen LogP contribution in [0.25, 0.3) is 0 Å². The van der Waals surface area contributed by atoms with Crippen LogP contribution < -0.4 is 31.8 Å². The van der Waals surface area contributed by atoms with Crippen molar-refractivity contribution >= 4 is 60.1 Å². The molecule has 6 rings (SSSR count). The number of benzene rings is 6. The fraction of sp³-hybridized carbons (Fsp3) is 0.0500. The van der Waals surface area contributed by atoms with Gasteiger partial charge >= 0.3 is 0 Å². The molecule has 0 heterocycles. The molecule has 0 saturated carbocycles. The van der Waals surface area contributed by atoms with E-state index in [1.54, 1.807) is 0 Å². The minimum absolute atomic E-state index is 0.633.